The van der Waals surface area contributed by atoms with Crippen molar-refractivity contribution in [2.24, 2.45) is 11.7 Å². The van der Waals surface area contributed by atoms with Crippen molar-refractivity contribution in [3.05, 3.63) is 28.8 Å². The van der Waals surface area contributed by atoms with Gasteiger partial charge in [0.05, 0.1) is 6.61 Å². The lowest BCUT2D eigenvalue weighted by molar-refractivity contribution is 0.297. The van der Waals surface area contributed by atoms with E-state index in [1.165, 1.54) is 29.5 Å². The molecule has 0 spiro atoms. The first-order chi connectivity index (χ1) is 8.60. The molecule has 1 saturated carbocycles. The summed E-state index contributed by atoms with van der Waals surface area (Å²) in [6.07, 6.45) is 4.66. The standard InChI is InChI=1S/C16H25NO.ClH/c1-4-15(17)9-14-7-12(3)16(8-11(14)2)18-10-13-5-6-13;/h7-8,13,15H,4-6,9-10,17H2,1-3H3;1H. The van der Waals surface area contributed by atoms with Crippen LogP contribution in [0.1, 0.15) is 42.9 Å². The highest BCUT2D eigenvalue weighted by atomic mass is 35.5. The van der Waals surface area contributed by atoms with Crippen molar-refractivity contribution in [1.29, 1.82) is 0 Å². The van der Waals surface area contributed by atoms with Crippen LogP contribution in [0.4, 0.5) is 0 Å². The molecule has 1 aromatic rings. The van der Waals surface area contributed by atoms with E-state index in [4.69, 9.17) is 10.5 Å². The third kappa shape index (κ3) is 4.70. The van der Waals surface area contributed by atoms with Gasteiger partial charge in [0, 0.05) is 6.04 Å². The van der Waals surface area contributed by atoms with Crippen LogP contribution in [-0.4, -0.2) is 12.6 Å². The maximum absolute atomic E-state index is 6.04. The van der Waals surface area contributed by atoms with Gasteiger partial charge in [-0.1, -0.05) is 13.0 Å². The van der Waals surface area contributed by atoms with Crippen LogP contribution in [0.2, 0.25) is 0 Å². The van der Waals surface area contributed by atoms with Gasteiger partial charge in [-0.3, -0.25) is 0 Å². The molecule has 0 aliphatic heterocycles. The molecule has 1 fully saturated rings. The first kappa shape index (κ1) is 16.3. The van der Waals surface area contributed by atoms with E-state index in [9.17, 15) is 0 Å². The molecular weight excluding hydrogens is 258 g/mol. The zero-order valence-electron chi connectivity index (χ0n) is 12.2. The SMILES string of the molecule is CCC(N)Cc1cc(C)c(OCC2CC2)cc1C.Cl. The number of halogens is 1. The van der Waals surface area contributed by atoms with Crippen LogP contribution in [0.3, 0.4) is 0 Å². The molecular formula is C16H26ClNO. The molecule has 0 bridgehead atoms. The maximum atomic E-state index is 6.04. The molecule has 0 heterocycles. The molecule has 3 heteroatoms. The van der Waals surface area contributed by atoms with E-state index >= 15 is 0 Å². The topological polar surface area (TPSA) is 35.2 Å². The largest absolute Gasteiger partial charge is 0.493 e. The average Bonchev–Trinajstić information content (AvgIpc) is 3.15. The van der Waals surface area contributed by atoms with Gasteiger partial charge in [0.15, 0.2) is 0 Å². The van der Waals surface area contributed by atoms with Gasteiger partial charge in [-0.2, -0.15) is 0 Å². The van der Waals surface area contributed by atoms with Crippen molar-refractivity contribution in [2.45, 2.75) is 52.5 Å². The van der Waals surface area contributed by atoms with Crippen LogP contribution < -0.4 is 10.5 Å². The molecule has 0 amide bonds. The number of benzene rings is 1. The lowest BCUT2D eigenvalue weighted by Gasteiger charge is -2.15. The lowest BCUT2D eigenvalue weighted by atomic mass is 9.97. The molecule has 1 unspecified atom stereocenters. The Morgan fingerprint density at radius 2 is 1.95 bits per heavy atom. The summed E-state index contributed by atoms with van der Waals surface area (Å²) < 4.78 is 5.90. The number of rotatable bonds is 6. The number of aryl methyl sites for hydroxylation is 2. The van der Waals surface area contributed by atoms with E-state index < -0.39 is 0 Å². The Hall–Kier alpha value is -0.730. The molecule has 1 aliphatic rings. The van der Waals surface area contributed by atoms with Crippen molar-refractivity contribution < 1.29 is 4.74 Å². The second-order valence-corrected chi connectivity index (χ2v) is 5.67. The van der Waals surface area contributed by atoms with Crippen LogP contribution in [0, 0.1) is 19.8 Å². The molecule has 1 atom stereocenters. The first-order valence-electron chi connectivity index (χ1n) is 7.08. The minimum atomic E-state index is 0. The monoisotopic (exact) mass is 283 g/mol. The molecule has 1 aliphatic carbocycles. The summed E-state index contributed by atoms with van der Waals surface area (Å²) in [5.41, 5.74) is 9.94. The summed E-state index contributed by atoms with van der Waals surface area (Å²) in [6, 6.07) is 4.68. The summed E-state index contributed by atoms with van der Waals surface area (Å²) in [5.74, 6) is 1.85. The van der Waals surface area contributed by atoms with Gasteiger partial charge < -0.3 is 10.5 Å². The van der Waals surface area contributed by atoms with Gasteiger partial charge in [0.25, 0.3) is 0 Å². The van der Waals surface area contributed by atoms with Gasteiger partial charge in [-0.05, 0) is 68.2 Å². The minimum Gasteiger partial charge on any atom is -0.493 e. The molecule has 19 heavy (non-hydrogen) atoms. The van der Waals surface area contributed by atoms with E-state index in [1.807, 2.05) is 0 Å². The summed E-state index contributed by atoms with van der Waals surface area (Å²) in [4.78, 5) is 0. The summed E-state index contributed by atoms with van der Waals surface area (Å²) in [5, 5.41) is 0. The zero-order valence-corrected chi connectivity index (χ0v) is 13.1. The van der Waals surface area contributed by atoms with E-state index in [-0.39, 0.29) is 18.4 Å². The Bertz CT molecular complexity index is 415. The van der Waals surface area contributed by atoms with Gasteiger partial charge in [-0.25, -0.2) is 0 Å². The molecule has 108 valence electrons. The summed E-state index contributed by atoms with van der Waals surface area (Å²) in [7, 11) is 0. The maximum Gasteiger partial charge on any atom is 0.122 e. The number of ether oxygens (including phenoxy) is 1. The molecule has 1 aromatic carbocycles. The van der Waals surface area contributed by atoms with E-state index in [1.54, 1.807) is 0 Å². The highest BCUT2D eigenvalue weighted by Crippen LogP contribution is 2.31. The Balaban J connectivity index is 0.00000180. The Labute approximate surface area is 123 Å². The quantitative estimate of drug-likeness (QED) is 0.862. The lowest BCUT2D eigenvalue weighted by Crippen LogP contribution is -2.22. The van der Waals surface area contributed by atoms with Crippen LogP contribution in [-0.2, 0) is 6.42 Å². The summed E-state index contributed by atoms with van der Waals surface area (Å²) >= 11 is 0. The van der Waals surface area contributed by atoms with Crippen LogP contribution in [0.15, 0.2) is 12.1 Å². The zero-order chi connectivity index (χ0) is 13.1. The highest BCUT2D eigenvalue weighted by molar-refractivity contribution is 5.85. The van der Waals surface area contributed by atoms with Crippen LogP contribution >= 0.6 is 12.4 Å². The second-order valence-electron chi connectivity index (χ2n) is 5.67. The fourth-order valence-corrected chi connectivity index (χ4v) is 2.14. The van der Waals surface area contributed by atoms with Crippen molar-refractivity contribution in [2.75, 3.05) is 6.61 Å². The number of nitrogens with two attached hydrogens (primary N) is 1. The Morgan fingerprint density at radius 1 is 1.26 bits per heavy atom. The van der Waals surface area contributed by atoms with Crippen molar-refractivity contribution >= 4 is 12.4 Å². The smallest absolute Gasteiger partial charge is 0.122 e. The fourth-order valence-electron chi connectivity index (χ4n) is 2.14. The Morgan fingerprint density at radius 3 is 2.53 bits per heavy atom. The second kappa shape index (κ2) is 7.16. The third-order valence-electron chi connectivity index (χ3n) is 3.81. The molecule has 0 radical (unpaired) electrons. The first-order valence-corrected chi connectivity index (χ1v) is 7.08. The van der Waals surface area contributed by atoms with Crippen molar-refractivity contribution in [3.63, 3.8) is 0 Å². The van der Waals surface area contributed by atoms with Crippen LogP contribution in [0.25, 0.3) is 0 Å². The average molecular weight is 284 g/mol. The van der Waals surface area contributed by atoms with Gasteiger partial charge in [0.1, 0.15) is 5.75 Å². The van der Waals surface area contributed by atoms with Crippen molar-refractivity contribution in [1.82, 2.24) is 0 Å². The predicted octanol–water partition coefficient (Wildman–Crippen LogP) is 3.79. The van der Waals surface area contributed by atoms with Gasteiger partial charge >= 0.3 is 0 Å². The summed E-state index contributed by atoms with van der Waals surface area (Å²) in [6.45, 7) is 7.30. The van der Waals surface area contributed by atoms with E-state index in [0.717, 1.165) is 31.1 Å². The van der Waals surface area contributed by atoms with E-state index in [0.29, 0.717) is 0 Å². The van der Waals surface area contributed by atoms with Crippen LogP contribution in [0.5, 0.6) is 5.75 Å². The van der Waals surface area contributed by atoms with Gasteiger partial charge in [-0.15, -0.1) is 12.4 Å². The molecule has 2 N–H and O–H groups in total. The normalized spacial score (nSPS) is 15.8. The molecule has 2 rings (SSSR count). The predicted molar refractivity (Wildman–Crippen MR) is 83.4 cm³/mol. The van der Waals surface area contributed by atoms with Gasteiger partial charge in [0.2, 0.25) is 0 Å². The Kier molecular flexibility index (Phi) is 6.15. The van der Waals surface area contributed by atoms with E-state index in [2.05, 4.69) is 32.9 Å². The number of hydrogen-bond acceptors (Lipinski definition) is 2. The molecule has 0 saturated heterocycles. The highest BCUT2D eigenvalue weighted by Gasteiger charge is 2.22. The third-order valence-corrected chi connectivity index (χ3v) is 3.81. The molecule has 0 aromatic heterocycles. The number of hydrogen-bond donors (Lipinski definition) is 1. The van der Waals surface area contributed by atoms with Crippen molar-refractivity contribution in [3.8, 4) is 5.75 Å². The minimum absolute atomic E-state index is 0. The fraction of sp³-hybridized carbons (Fsp3) is 0.625. The molecule has 2 nitrogen and oxygen atoms in total.